The van der Waals surface area contributed by atoms with Gasteiger partial charge in [-0.1, -0.05) is 232 Å². The highest BCUT2D eigenvalue weighted by molar-refractivity contribution is 6.06. The molecule has 0 saturated heterocycles. The van der Waals surface area contributed by atoms with Crippen LogP contribution in [0.5, 0.6) is 0 Å². The number of fused-ring (bicyclic) bond motifs is 8. The number of hydrogen-bond acceptors (Lipinski definition) is 1. The average molecular weight is 804 g/mol. The van der Waals surface area contributed by atoms with E-state index in [0.29, 0.717) is 0 Å². The lowest BCUT2D eigenvalue weighted by molar-refractivity contribution is 0.661. The van der Waals surface area contributed by atoms with E-state index in [1.54, 1.807) is 0 Å². The maximum absolute atomic E-state index is 2.60. The van der Waals surface area contributed by atoms with E-state index >= 15 is 0 Å². The molecule has 1 nitrogen and oxygen atoms in total. The van der Waals surface area contributed by atoms with Gasteiger partial charge in [0.2, 0.25) is 0 Å². The summed E-state index contributed by atoms with van der Waals surface area (Å²) in [5.41, 5.74) is 20.4. The largest absolute Gasteiger partial charge is 0.309 e. The standard InChI is InChI=1S/C62H45N/c1-61(2)53-41-38-45-24-12-13-28-49(45)58(53)51-30-18-35-57(60(51)61)63(55-33-17-15-27-48(55)44-22-8-4-9-23-44)56-34-19-32-54-59(56)50-29-14-16-31-52(50)62(54,46-25-10-5-11-26-46)47-39-36-43(37-40-47)42-20-6-3-7-21-42/h3-41H,1-2H3. The molecular formula is C62H45N. The van der Waals surface area contributed by atoms with Gasteiger partial charge in [-0.25, -0.2) is 0 Å². The first kappa shape index (κ1) is 37.1. The number of benzene rings is 10. The van der Waals surface area contributed by atoms with Crippen LogP contribution in [-0.2, 0) is 10.8 Å². The molecular weight excluding hydrogens is 759 g/mol. The zero-order chi connectivity index (χ0) is 42.1. The van der Waals surface area contributed by atoms with Crippen molar-refractivity contribution in [2.75, 3.05) is 4.90 Å². The number of rotatable bonds is 7. The third-order valence-electron chi connectivity index (χ3n) is 13.9. The van der Waals surface area contributed by atoms with Crippen molar-refractivity contribution in [3.63, 3.8) is 0 Å². The van der Waals surface area contributed by atoms with E-state index in [4.69, 9.17) is 0 Å². The predicted molar refractivity (Wildman–Crippen MR) is 264 cm³/mol. The monoisotopic (exact) mass is 803 g/mol. The fourth-order valence-electron chi connectivity index (χ4n) is 11.2. The maximum atomic E-state index is 2.60. The van der Waals surface area contributed by atoms with Crippen LogP contribution in [0.25, 0.3) is 55.3 Å². The Bertz CT molecular complexity index is 3350. The van der Waals surface area contributed by atoms with Crippen LogP contribution in [0.15, 0.2) is 237 Å². The molecule has 0 aromatic heterocycles. The molecule has 0 radical (unpaired) electrons. The van der Waals surface area contributed by atoms with Crippen molar-refractivity contribution < 1.29 is 0 Å². The Hall–Kier alpha value is -7.74. The van der Waals surface area contributed by atoms with Gasteiger partial charge in [0.1, 0.15) is 0 Å². The van der Waals surface area contributed by atoms with Gasteiger partial charge < -0.3 is 4.90 Å². The number of hydrogen-bond donors (Lipinski definition) is 0. The van der Waals surface area contributed by atoms with Gasteiger partial charge in [0.25, 0.3) is 0 Å². The molecule has 0 spiro atoms. The molecule has 1 unspecified atom stereocenters. The van der Waals surface area contributed by atoms with Gasteiger partial charge in [-0.15, -0.1) is 0 Å². The second kappa shape index (κ2) is 14.4. The van der Waals surface area contributed by atoms with Gasteiger partial charge in [0.05, 0.1) is 22.5 Å². The Morgan fingerprint density at radius 2 is 0.857 bits per heavy atom. The highest BCUT2D eigenvalue weighted by atomic mass is 15.2. The quantitative estimate of drug-likeness (QED) is 0.155. The predicted octanol–water partition coefficient (Wildman–Crippen LogP) is 16.3. The molecule has 1 heteroatoms. The van der Waals surface area contributed by atoms with Gasteiger partial charge in [-0.05, 0) is 95.7 Å². The maximum Gasteiger partial charge on any atom is 0.0714 e. The minimum absolute atomic E-state index is 0.282. The van der Waals surface area contributed by atoms with Crippen molar-refractivity contribution in [3.8, 4) is 44.5 Å². The topological polar surface area (TPSA) is 3.24 Å². The molecule has 0 saturated carbocycles. The Labute approximate surface area is 370 Å². The van der Waals surface area contributed by atoms with Crippen molar-refractivity contribution in [1.29, 1.82) is 0 Å². The zero-order valence-electron chi connectivity index (χ0n) is 35.5. The molecule has 0 amide bonds. The summed E-state index contributed by atoms with van der Waals surface area (Å²) in [6.45, 7) is 4.84. The molecule has 12 rings (SSSR count). The third-order valence-corrected chi connectivity index (χ3v) is 13.9. The molecule has 63 heavy (non-hydrogen) atoms. The summed E-state index contributed by atoms with van der Waals surface area (Å²) >= 11 is 0. The lowest BCUT2D eigenvalue weighted by atomic mass is 9.67. The highest BCUT2D eigenvalue weighted by Gasteiger charge is 2.48. The molecule has 1 atom stereocenters. The molecule has 0 bridgehead atoms. The Morgan fingerprint density at radius 1 is 0.317 bits per heavy atom. The molecule has 0 aliphatic heterocycles. The first-order valence-corrected chi connectivity index (χ1v) is 22.1. The first-order valence-electron chi connectivity index (χ1n) is 22.1. The van der Waals surface area contributed by atoms with Gasteiger partial charge in [0.15, 0.2) is 0 Å². The van der Waals surface area contributed by atoms with E-state index in [1.165, 1.54) is 94.3 Å². The van der Waals surface area contributed by atoms with Crippen molar-refractivity contribution in [1.82, 2.24) is 0 Å². The smallest absolute Gasteiger partial charge is 0.0714 e. The summed E-state index contributed by atoms with van der Waals surface area (Å²) in [6, 6.07) is 87.8. The van der Waals surface area contributed by atoms with Crippen LogP contribution in [0.4, 0.5) is 17.1 Å². The number of para-hydroxylation sites is 1. The Morgan fingerprint density at radius 3 is 1.63 bits per heavy atom. The van der Waals surface area contributed by atoms with Crippen LogP contribution in [0, 0.1) is 0 Å². The summed E-state index contributed by atoms with van der Waals surface area (Å²) < 4.78 is 0. The van der Waals surface area contributed by atoms with Crippen LogP contribution in [0.3, 0.4) is 0 Å². The summed E-state index contributed by atoms with van der Waals surface area (Å²) in [4.78, 5) is 2.60. The van der Waals surface area contributed by atoms with Crippen LogP contribution in [0.1, 0.15) is 47.2 Å². The molecule has 2 aliphatic carbocycles. The minimum Gasteiger partial charge on any atom is -0.309 e. The molecule has 0 heterocycles. The van der Waals surface area contributed by atoms with Gasteiger partial charge >= 0.3 is 0 Å². The van der Waals surface area contributed by atoms with Crippen molar-refractivity contribution in [2.45, 2.75) is 24.7 Å². The van der Waals surface area contributed by atoms with Gasteiger partial charge in [-0.2, -0.15) is 0 Å². The van der Waals surface area contributed by atoms with Gasteiger partial charge in [-0.3, -0.25) is 0 Å². The van der Waals surface area contributed by atoms with E-state index in [-0.39, 0.29) is 5.41 Å². The summed E-state index contributed by atoms with van der Waals surface area (Å²) in [7, 11) is 0. The second-order valence-corrected chi connectivity index (χ2v) is 17.6. The normalized spacial score (nSPS) is 15.3. The minimum atomic E-state index is -0.573. The van der Waals surface area contributed by atoms with Crippen molar-refractivity contribution in [3.05, 3.63) is 270 Å². The van der Waals surface area contributed by atoms with E-state index in [0.717, 1.165) is 11.4 Å². The van der Waals surface area contributed by atoms with Crippen LogP contribution in [-0.4, -0.2) is 0 Å². The second-order valence-electron chi connectivity index (χ2n) is 17.6. The molecule has 298 valence electrons. The van der Waals surface area contributed by atoms with Crippen molar-refractivity contribution >= 4 is 27.8 Å². The lowest BCUT2D eigenvalue weighted by Crippen LogP contribution is -2.28. The molecule has 10 aromatic carbocycles. The van der Waals surface area contributed by atoms with E-state index in [2.05, 4.69) is 255 Å². The first-order chi connectivity index (χ1) is 31.0. The van der Waals surface area contributed by atoms with Crippen molar-refractivity contribution in [2.24, 2.45) is 0 Å². The molecule has 10 aromatic rings. The van der Waals surface area contributed by atoms with E-state index in [1.807, 2.05) is 0 Å². The summed E-state index contributed by atoms with van der Waals surface area (Å²) in [6.07, 6.45) is 0. The van der Waals surface area contributed by atoms with E-state index in [9.17, 15) is 0 Å². The fraction of sp³-hybridized carbons (Fsp3) is 0.0645. The van der Waals surface area contributed by atoms with Crippen LogP contribution < -0.4 is 4.90 Å². The Kier molecular flexibility index (Phi) is 8.49. The molecule has 0 fully saturated rings. The fourth-order valence-corrected chi connectivity index (χ4v) is 11.2. The SMILES string of the molecule is CC1(C)c2ccc3ccccc3c2-c2cccc(N(c3ccccc3-c3ccccc3)c3cccc4c3-c3ccccc3C4(c3ccccc3)c3ccc(-c4ccccc4)cc3)c21. The summed E-state index contributed by atoms with van der Waals surface area (Å²) in [5, 5.41) is 2.57. The zero-order valence-corrected chi connectivity index (χ0v) is 35.5. The third kappa shape index (κ3) is 5.49. The molecule has 0 N–H and O–H groups in total. The summed E-state index contributed by atoms with van der Waals surface area (Å²) in [5.74, 6) is 0. The average Bonchev–Trinajstić information content (AvgIpc) is 3.79. The van der Waals surface area contributed by atoms with E-state index < -0.39 is 5.41 Å². The Balaban J connectivity index is 1.17. The van der Waals surface area contributed by atoms with Crippen LogP contribution >= 0.6 is 0 Å². The number of nitrogens with zero attached hydrogens (tertiary/aromatic N) is 1. The van der Waals surface area contributed by atoms with Crippen LogP contribution in [0.2, 0.25) is 0 Å². The molecule has 2 aliphatic rings. The highest BCUT2D eigenvalue weighted by Crippen LogP contribution is 2.62. The van der Waals surface area contributed by atoms with Gasteiger partial charge in [0, 0.05) is 16.5 Å². The number of anilines is 3. The lowest BCUT2D eigenvalue weighted by Gasteiger charge is -2.36.